The normalized spacial score (nSPS) is 24.8. The lowest BCUT2D eigenvalue weighted by molar-refractivity contribution is -0.119. The van der Waals surface area contributed by atoms with Crippen LogP contribution in [0, 0.1) is 5.92 Å². The number of allylic oxidation sites excluding steroid dienone is 2. The first kappa shape index (κ1) is 13.0. The van der Waals surface area contributed by atoms with Gasteiger partial charge in [0.2, 0.25) is 0 Å². The monoisotopic (exact) mass is 244 g/mol. The largest absolute Gasteiger partial charge is 0.392 e. The topological polar surface area (TPSA) is 37.3 Å². The molecule has 0 saturated heterocycles. The molecule has 2 nitrogen and oxygen atoms in total. The summed E-state index contributed by atoms with van der Waals surface area (Å²) < 4.78 is 0. The molecular weight excluding hydrogens is 224 g/mol. The van der Waals surface area contributed by atoms with Gasteiger partial charge in [-0.2, -0.15) is 0 Å². The van der Waals surface area contributed by atoms with Gasteiger partial charge >= 0.3 is 0 Å². The van der Waals surface area contributed by atoms with E-state index in [2.05, 4.69) is 24.3 Å². The van der Waals surface area contributed by atoms with Crippen molar-refractivity contribution in [2.45, 2.75) is 38.2 Å². The molecule has 1 aliphatic carbocycles. The fraction of sp³-hybridized carbons (Fsp3) is 0.438. The van der Waals surface area contributed by atoms with Crippen LogP contribution in [0.4, 0.5) is 0 Å². The van der Waals surface area contributed by atoms with Crippen LogP contribution in [-0.4, -0.2) is 17.0 Å². The molecule has 0 radical (unpaired) electrons. The molecule has 0 spiro atoms. The van der Waals surface area contributed by atoms with Gasteiger partial charge < -0.3 is 5.11 Å². The van der Waals surface area contributed by atoms with Crippen LogP contribution >= 0.6 is 0 Å². The number of Topliss-reactive ketones (excluding diaryl/α,β-unsaturated/α-hetero) is 1. The molecule has 0 heterocycles. The van der Waals surface area contributed by atoms with Gasteiger partial charge in [0.05, 0.1) is 6.10 Å². The predicted molar refractivity (Wildman–Crippen MR) is 72.4 cm³/mol. The van der Waals surface area contributed by atoms with Gasteiger partial charge in [-0.05, 0) is 37.2 Å². The van der Waals surface area contributed by atoms with Crippen molar-refractivity contribution in [3.63, 3.8) is 0 Å². The van der Waals surface area contributed by atoms with E-state index in [1.807, 2.05) is 18.2 Å². The Morgan fingerprint density at radius 1 is 1.28 bits per heavy atom. The van der Waals surface area contributed by atoms with Crippen molar-refractivity contribution in [3.05, 3.63) is 48.0 Å². The van der Waals surface area contributed by atoms with Gasteiger partial charge in [0.15, 0.2) is 0 Å². The number of aliphatic hydroxyl groups excluding tert-OH is 1. The van der Waals surface area contributed by atoms with Crippen molar-refractivity contribution < 1.29 is 9.90 Å². The summed E-state index contributed by atoms with van der Waals surface area (Å²) in [4.78, 5) is 11.2. The van der Waals surface area contributed by atoms with Crippen molar-refractivity contribution in [2.24, 2.45) is 5.92 Å². The number of hydrogen-bond donors (Lipinski definition) is 1. The molecule has 2 heteroatoms. The molecular formula is C16H20O2. The maximum Gasteiger partial charge on any atom is 0.132 e. The van der Waals surface area contributed by atoms with Gasteiger partial charge in [-0.1, -0.05) is 42.5 Å². The Balaban J connectivity index is 2.17. The molecule has 0 amide bonds. The molecule has 0 fully saturated rings. The number of carbonyl (C=O) groups is 1. The van der Waals surface area contributed by atoms with Crippen LogP contribution < -0.4 is 0 Å². The summed E-state index contributed by atoms with van der Waals surface area (Å²) in [5, 5.41) is 10.2. The highest BCUT2D eigenvalue weighted by molar-refractivity contribution is 5.76. The molecule has 0 saturated carbocycles. The van der Waals surface area contributed by atoms with Crippen molar-refractivity contribution in [2.75, 3.05) is 0 Å². The number of aliphatic hydroxyl groups is 1. The van der Waals surface area contributed by atoms with E-state index in [1.165, 1.54) is 5.56 Å². The van der Waals surface area contributed by atoms with Gasteiger partial charge in [0, 0.05) is 6.42 Å². The van der Waals surface area contributed by atoms with Crippen LogP contribution in [0.2, 0.25) is 0 Å². The van der Waals surface area contributed by atoms with Gasteiger partial charge in [-0.15, -0.1) is 0 Å². The molecule has 3 unspecified atom stereocenters. The third-order valence-corrected chi connectivity index (χ3v) is 3.70. The number of rotatable bonds is 4. The molecule has 18 heavy (non-hydrogen) atoms. The SMILES string of the molecule is CC(=O)CC(O)C1CC=CCC1c1ccccc1. The van der Waals surface area contributed by atoms with Crippen LogP contribution in [0.25, 0.3) is 0 Å². The Hall–Kier alpha value is -1.41. The van der Waals surface area contributed by atoms with E-state index in [1.54, 1.807) is 6.92 Å². The molecule has 2 rings (SSSR count). The first-order chi connectivity index (χ1) is 8.68. The average molecular weight is 244 g/mol. The number of carbonyl (C=O) groups excluding carboxylic acids is 1. The van der Waals surface area contributed by atoms with Gasteiger partial charge in [0.25, 0.3) is 0 Å². The van der Waals surface area contributed by atoms with Crippen LogP contribution in [0.3, 0.4) is 0 Å². The third kappa shape index (κ3) is 3.08. The number of hydrogen-bond acceptors (Lipinski definition) is 2. The van der Waals surface area contributed by atoms with E-state index in [0.717, 1.165) is 12.8 Å². The first-order valence-electron chi connectivity index (χ1n) is 6.56. The second-order valence-electron chi connectivity index (χ2n) is 5.10. The molecule has 96 valence electrons. The van der Waals surface area contributed by atoms with Gasteiger partial charge in [-0.3, -0.25) is 4.79 Å². The van der Waals surface area contributed by atoms with E-state index in [9.17, 15) is 9.90 Å². The highest BCUT2D eigenvalue weighted by Gasteiger charge is 2.30. The molecule has 1 aliphatic rings. The lowest BCUT2D eigenvalue weighted by Crippen LogP contribution is -2.29. The van der Waals surface area contributed by atoms with Crippen LogP contribution in [0.15, 0.2) is 42.5 Å². The zero-order valence-corrected chi connectivity index (χ0v) is 10.8. The minimum Gasteiger partial charge on any atom is -0.392 e. The standard InChI is InChI=1S/C16H20O2/c1-12(17)11-16(18)15-10-6-5-9-14(15)13-7-3-2-4-8-13/h2-8,14-16,18H,9-11H2,1H3. The predicted octanol–water partition coefficient (Wildman–Crippen LogP) is 3.08. The second-order valence-corrected chi connectivity index (χ2v) is 5.10. The maximum absolute atomic E-state index is 11.2. The molecule has 0 bridgehead atoms. The van der Waals surface area contributed by atoms with Crippen molar-refractivity contribution in [1.29, 1.82) is 0 Å². The Morgan fingerprint density at radius 3 is 2.61 bits per heavy atom. The minimum atomic E-state index is -0.530. The van der Waals surface area contributed by atoms with E-state index in [4.69, 9.17) is 0 Å². The number of ketones is 1. The molecule has 1 N–H and O–H groups in total. The zero-order valence-electron chi connectivity index (χ0n) is 10.8. The zero-order chi connectivity index (χ0) is 13.0. The van der Waals surface area contributed by atoms with Crippen LogP contribution in [0.1, 0.15) is 37.7 Å². The molecule has 1 aromatic carbocycles. The minimum absolute atomic E-state index is 0.0591. The summed E-state index contributed by atoms with van der Waals surface area (Å²) in [5.74, 6) is 0.538. The summed E-state index contributed by atoms with van der Waals surface area (Å²) in [6.07, 6.45) is 5.83. The highest BCUT2D eigenvalue weighted by atomic mass is 16.3. The Kier molecular flexibility index (Phi) is 4.32. The lowest BCUT2D eigenvalue weighted by atomic mass is 9.75. The summed E-state index contributed by atoms with van der Waals surface area (Å²) >= 11 is 0. The van der Waals surface area contributed by atoms with Crippen molar-refractivity contribution in [3.8, 4) is 0 Å². The molecule has 1 aromatic rings. The summed E-state index contributed by atoms with van der Waals surface area (Å²) in [5.41, 5.74) is 1.26. The summed E-state index contributed by atoms with van der Waals surface area (Å²) in [7, 11) is 0. The van der Waals surface area contributed by atoms with E-state index < -0.39 is 6.10 Å². The second kappa shape index (κ2) is 5.96. The highest BCUT2D eigenvalue weighted by Crippen LogP contribution is 2.37. The quantitative estimate of drug-likeness (QED) is 0.826. The average Bonchev–Trinajstić information content (AvgIpc) is 2.39. The first-order valence-corrected chi connectivity index (χ1v) is 6.56. The summed E-state index contributed by atoms with van der Waals surface area (Å²) in [6, 6.07) is 10.3. The van der Waals surface area contributed by atoms with Crippen molar-refractivity contribution >= 4 is 5.78 Å². The van der Waals surface area contributed by atoms with Gasteiger partial charge in [0.1, 0.15) is 5.78 Å². The molecule has 0 aliphatic heterocycles. The molecule has 0 aromatic heterocycles. The maximum atomic E-state index is 11.2. The van der Waals surface area contributed by atoms with E-state index in [-0.39, 0.29) is 18.1 Å². The van der Waals surface area contributed by atoms with E-state index in [0.29, 0.717) is 5.92 Å². The fourth-order valence-electron chi connectivity index (χ4n) is 2.79. The van der Waals surface area contributed by atoms with E-state index >= 15 is 0 Å². The van der Waals surface area contributed by atoms with Crippen molar-refractivity contribution in [1.82, 2.24) is 0 Å². The summed E-state index contributed by atoms with van der Waals surface area (Å²) in [6.45, 7) is 1.54. The lowest BCUT2D eigenvalue weighted by Gasteiger charge is -2.32. The fourth-order valence-corrected chi connectivity index (χ4v) is 2.79. The Morgan fingerprint density at radius 2 is 1.94 bits per heavy atom. The smallest absolute Gasteiger partial charge is 0.132 e. The molecule has 3 atom stereocenters. The van der Waals surface area contributed by atoms with Crippen LogP contribution in [0.5, 0.6) is 0 Å². The Bertz CT molecular complexity index is 422. The van der Waals surface area contributed by atoms with Gasteiger partial charge in [-0.25, -0.2) is 0 Å². The number of benzene rings is 1. The third-order valence-electron chi connectivity index (χ3n) is 3.70. The van der Waals surface area contributed by atoms with Crippen LogP contribution in [-0.2, 0) is 4.79 Å². The Labute approximate surface area is 108 Å².